The van der Waals surface area contributed by atoms with Gasteiger partial charge in [0.05, 0.1) is 5.76 Å². The molecule has 0 radical (unpaired) electrons. The smallest absolute Gasteiger partial charge is 0.250 e. The number of hydrogen-bond donors (Lipinski definition) is 0. The minimum atomic E-state index is -1.55. The van der Waals surface area contributed by atoms with Crippen molar-refractivity contribution in [2.75, 3.05) is 0 Å². The SMILES string of the molecule is CC[Si](CC)(CC)OC1=C(C)[C@H](C(C)C)[C@@H](C(C)C)[C@@H]1C. The summed E-state index contributed by atoms with van der Waals surface area (Å²) in [5.41, 5.74) is 1.56. The maximum Gasteiger partial charge on any atom is 0.250 e. The van der Waals surface area contributed by atoms with Crippen LogP contribution in [0, 0.1) is 29.6 Å². The lowest BCUT2D eigenvalue weighted by Crippen LogP contribution is -2.36. The second-order valence-electron chi connectivity index (χ2n) is 7.77. The molecular formula is C19H38OSi. The molecule has 0 saturated heterocycles. The Hall–Kier alpha value is -0.243. The van der Waals surface area contributed by atoms with Crippen molar-refractivity contribution in [1.82, 2.24) is 0 Å². The van der Waals surface area contributed by atoms with Gasteiger partial charge in [0.25, 0.3) is 0 Å². The zero-order valence-corrected chi connectivity index (χ0v) is 16.9. The van der Waals surface area contributed by atoms with Gasteiger partial charge in [0.1, 0.15) is 0 Å². The first-order valence-corrected chi connectivity index (χ1v) is 11.7. The molecule has 1 aliphatic rings. The standard InChI is InChI=1S/C19H38OSi/c1-10-21(11-2,12-3)20-19-15(8)17(13(4)5)18(14(6)7)16(19)9/h13-15,17-18H,10-12H2,1-9H3/t15-,17-,18-/m0/s1. The molecule has 0 saturated carbocycles. The maximum atomic E-state index is 6.85. The van der Waals surface area contributed by atoms with Crippen LogP contribution in [0.25, 0.3) is 0 Å². The quantitative estimate of drug-likeness (QED) is 0.489. The lowest BCUT2D eigenvalue weighted by molar-refractivity contribution is 0.190. The van der Waals surface area contributed by atoms with Gasteiger partial charge < -0.3 is 4.43 Å². The largest absolute Gasteiger partial charge is 0.546 e. The number of hydrogen-bond acceptors (Lipinski definition) is 1. The molecule has 0 aliphatic heterocycles. The molecule has 0 fully saturated rings. The second kappa shape index (κ2) is 7.35. The molecule has 1 nitrogen and oxygen atoms in total. The van der Waals surface area contributed by atoms with Crippen LogP contribution < -0.4 is 0 Å². The van der Waals surface area contributed by atoms with Gasteiger partial charge in [-0.2, -0.15) is 0 Å². The molecule has 0 bridgehead atoms. The van der Waals surface area contributed by atoms with Crippen molar-refractivity contribution in [2.45, 2.75) is 80.4 Å². The van der Waals surface area contributed by atoms with Gasteiger partial charge in [0.2, 0.25) is 8.32 Å². The van der Waals surface area contributed by atoms with Crippen molar-refractivity contribution in [3.05, 3.63) is 11.3 Å². The number of rotatable bonds is 7. The van der Waals surface area contributed by atoms with Crippen LogP contribution in [0.3, 0.4) is 0 Å². The predicted molar refractivity (Wildman–Crippen MR) is 96.8 cm³/mol. The van der Waals surface area contributed by atoms with Gasteiger partial charge in [0.15, 0.2) is 0 Å². The normalized spacial score (nSPS) is 27.1. The molecule has 0 aromatic carbocycles. The van der Waals surface area contributed by atoms with Crippen LogP contribution in [0.5, 0.6) is 0 Å². The van der Waals surface area contributed by atoms with Gasteiger partial charge in [0, 0.05) is 5.92 Å². The Kier molecular flexibility index (Phi) is 6.58. The second-order valence-corrected chi connectivity index (χ2v) is 12.5. The van der Waals surface area contributed by atoms with E-state index in [1.165, 1.54) is 23.9 Å². The van der Waals surface area contributed by atoms with Crippen LogP contribution in [0.2, 0.25) is 18.1 Å². The Balaban J connectivity index is 3.15. The molecular weight excluding hydrogens is 272 g/mol. The van der Waals surface area contributed by atoms with E-state index < -0.39 is 8.32 Å². The Labute approximate surface area is 134 Å². The van der Waals surface area contributed by atoms with E-state index in [1.54, 1.807) is 5.57 Å². The van der Waals surface area contributed by atoms with E-state index in [0.29, 0.717) is 17.8 Å². The molecule has 0 amide bonds. The van der Waals surface area contributed by atoms with E-state index in [9.17, 15) is 0 Å². The fraction of sp³-hybridized carbons (Fsp3) is 0.895. The summed E-state index contributed by atoms with van der Waals surface area (Å²) in [6.07, 6.45) is 0. The zero-order valence-electron chi connectivity index (χ0n) is 15.9. The maximum absolute atomic E-state index is 6.85. The average Bonchev–Trinajstić information content (AvgIpc) is 2.68. The highest BCUT2D eigenvalue weighted by Crippen LogP contribution is 2.50. The van der Waals surface area contributed by atoms with Crippen LogP contribution >= 0.6 is 0 Å². The van der Waals surface area contributed by atoms with Crippen molar-refractivity contribution in [2.24, 2.45) is 29.6 Å². The third kappa shape index (κ3) is 3.57. The Bertz CT molecular complexity index is 357. The van der Waals surface area contributed by atoms with E-state index >= 15 is 0 Å². The Morgan fingerprint density at radius 2 is 1.43 bits per heavy atom. The molecule has 1 aliphatic carbocycles. The van der Waals surface area contributed by atoms with Crippen molar-refractivity contribution in [1.29, 1.82) is 0 Å². The molecule has 0 N–H and O–H groups in total. The Morgan fingerprint density at radius 3 is 1.71 bits per heavy atom. The predicted octanol–water partition coefficient (Wildman–Crippen LogP) is 6.48. The van der Waals surface area contributed by atoms with Gasteiger partial charge in [-0.05, 0) is 54.3 Å². The van der Waals surface area contributed by atoms with Gasteiger partial charge in [-0.15, -0.1) is 0 Å². The first-order valence-electron chi connectivity index (χ1n) is 9.14. The molecule has 1 rings (SSSR count). The zero-order chi connectivity index (χ0) is 16.4. The van der Waals surface area contributed by atoms with Gasteiger partial charge in [-0.25, -0.2) is 0 Å². The Morgan fingerprint density at radius 1 is 0.952 bits per heavy atom. The minimum absolute atomic E-state index is 0.592. The van der Waals surface area contributed by atoms with E-state index in [2.05, 4.69) is 62.3 Å². The van der Waals surface area contributed by atoms with Gasteiger partial charge in [-0.1, -0.05) is 55.4 Å². The van der Waals surface area contributed by atoms with Gasteiger partial charge in [-0.3, -0.25) is 0 Å². The minimum Gasteiger partial charge on any atom is -0.546 e. The molecule has 3 atom stereocenters. The highest BCUT2D eigenvalue weighted by atomic mass is 28.4. The first-order chi connectivity index (χ1) is 9.74. The summed E-state index contributed by atoms with van der Waals surface area (Å²) in [5, 5.41) is 0. The fourth-order valence-electron chi connectivity index (χ4n) is 4.61. The summed E-state index contributed by atoms with van der Waals surface area (Å²) in [5.74, 6) is 4.86. The molecule has 0 unspecified atom stereocenters. The van der Waals surface area contributed by atoms with Crippen molar-refractivity contribution in [3.63, 3.8) is 0 Å². The lowest BCUT2D eigenvalue weighted by Gasteiger charge is -2.33. The fourth-order valence-corrected chi connectivity index (χ4v) is 7.35. The molecule has 124 valence electrons. The molecule has 2 heteroatoms. The van der Waals surface area contributed by atoms with Gasteiger partial charge >= 0.3 is 0 Å². The summed E-state index contributed by atoms with van der Waals surface area (Å²) >= 11 is 0. The topological polar surface area (TPSA) is 9.23 Å². The third-order valence-electron chi connectivity index (χ3n) is 6.04. The summed E-state index contributed by atoms with van der Waals surface area (Å²) in [7, 11) is -1.55. The van der Waals surface area contributed by atoms with Crippen molar-refractivity contribution < 1.29 is 4.43 Å². The van der Waals surface area contributed by atoms with Crippen LogP contribution in [0.1, 0.15) is 62.3 Å². The van der Waals surface area contributed by atoms with Crippen molar-refractivity contribution >= 4 is 8.32 Å². The van der Waals surface area contributed by atoms with Crippen LogP contribution in [0.4, 0.5) is 0 Å². The summed E-state index contributed by atoms with van der Waals surface area (Å²) < 4.78 is 6.85. The highest BCUT2D eigenvalue weighted by Gasteiger charge is 2.44. The molecule has 21 heavy (non-hydrogen) atoms. The van der Waals surface area contributed by atoms with Crippen LogP contribution in [-0.4, -0.2) is 8.32 Å². The van der Waals surface area contributed by atoms with E-state index in [-0.39, 0.29) is 0 Å². The molecule has 0 aromatic heterocycles. The summed E-state index contributed by atoms with van der Waals surface area (Å²) in [6, 6.07) is 3.71. The molecule has 0 heterocycles. The summed E-state index contributed by atoms with van der Waals surface area (Å²) in [4.78, 5) is 0. The monoisotopic (exact) mass is 310 g/mol. The summed E-state index contributed by atoms with van der Waals surface area (Å²) in [6.45, 7) is 21.3. The third-order valence-corrected chi connectivity index (χ3v) is 10.6. The van der Waals surface area contributed by atoms with Crippen LogP contribution in [-0.2, 0) is 4.43 Å². The van der Waals surface area contributed by atoms with Crippen molar-refractivity contribution in [3.8, 4) is 0 Å². The van der Waals surface area contributed by atoms with E-state index in [1.807, 2.05) is 0 Å². The average molecular weight is 311 g/mol. The highest BCUT2D eigenvalue weighted by molar-refractivity contribution is 6.73. The number of allylic oxidation sites excluding steroid dienone is 2. The van der Waals surface area contributed by atoms with E-state index in [0.717, 1.165) is 11.8 Å². The molecule has 0 aromatic rings. The first kappa shape index (κ1) is 18.8. The van der Waals surface area contributed by atoms with E-state index in [4.69, 9.17) is 4.43 Å². The van der Waals surface area contributed by atoms with Crippen LogP contribution in [0.15, 0.2) is 11.3 Å². The molecule has 0 spiro atoms. The lowest BCUT2D eigenvalue weighted by atomic mass is 9.74.